The first kappa shape index (κ1) is 13.0. The lowest BCUT2D eigenvalue weighted by Crippen LogP contribution is -2.60. The Morgan fingerprint density at radius 2 is 1.95 bits per heavy atom. The van der Waals surface area contributed by atoms with Crippen molar-refractivity contribution < 1.29 is 4.79 Å². The van der Waals surface area contributed by atoms with Crippen LogP contribution in [0.25, 0.3) is 0 Å². The Balaban J connectivity index is 1.72. The van der Waals surface area contributed by atoms with Gasteiger partial charge in [0, 0.05) is 16.7 Å². The fourth-order valence-corrected chi connectivity index (χ4v) is 3.71. The highest BCUT2D eigenvalue weighted by Crippen LogP contribution is 2.44. The van der Waals surface area contributed by atoms with E-state index in [9.17, 15) is 4.79 Å². The SMILES string of the molecule is NC(=O)C(CSc1ccccc1)(NC1CC1)C1CC1. The summed E-state index contributed by atoms with van der Waals surface area (Å²) in [7, 11) is 0. The molecular formula is C15H20N2OS. The first-order chi connectivity index (χ1) is 9.21. The van der Waals surface area contributed by atoms with Crippen LogP contribution in [-0.4, -0.2) is 23.2 Å². The predicted molar refractivity (Wildman–Crippen MR) is 78.0 cm³/mol. The Labute approximate surface area is 118 Å². The van der Waals surface area contributed by atoms with E-state index in [0.717, 1.165) is 18.6 Å². The minimum Gasteiger partial charge on any atom is -0.368 e. The summed E-state index contributed by atoms with van der Waals surface area (Å²) in [5.74, 6) is 1.00. The molecule has 2 aliphatic rings. The van der Waals surface area contributed by atoms with Crippen molar-refractivity contribution in [2.75, 3.05) is 5.75 Å². The Morgan fingerprint density at radius 3 is 2.47 bits per heavy atom. The van der Waals surface area contributed by atoms with E-state index in [0.29, 0.717) is 12.0 Å². The molecule has 102 valence electrons. The largest absolute Gasteiger partial charge is 0.368 e. The second-order valence-electron chi connectivity index (χ2n) is 5.63. The Bertz CT molecular complexity index is 456. The molecule has 3 rings (SSSR count). The normalized spacial score (nSPS) is 21.9. The van der Waals surface area contributed by atoms with Gasteiger partial charge in [-0.1, -0.05) is 18.2 Å². The van der Waals surface area contributed by atoms with E-state index in [2.05, 4.69) is 17.4 Å². The highest BCUT2D eigenvalue weighted by Gasteiger charge is 2.51. The van der Waals surface area contributed by atoms with Crippen LogP contribution in [-0.2, 0) is 4.79 Å². The minimum atomic E-state index is -0.498. The van der Waals surface area contributed by atoms with Crippen molar-refractivity contribution in [3.63, 3.8) is 0 Å². The van der Waals surface area contributed by atoms with Gasteiger partial charge in [-0.25, -0.2) is 0 Å². The fourth-order valence-electron chi connectivity index (χ4n) is 2.50. The number of hydrogen-bond acceptors (Lipinski definition) is 3. The molecule has 1 amide bonds. The summed E-state index contributed by atoms with van der Waals surface area (Å²) in [5, 5.41) is 3.54. The van der Waals surface area contributed by atoms with Crippen LogP contribution >= 0.6 is 11.8 Å². The number of thioether (sulfide) groups is 1. The molecule has 3 nitrogen and oxygen atoms in total. The average Bonchev–Trinajstić information content (AvgIpc) is 3.28. The lowest BCUT2D eigenvalue weighted by atomic mass is 9.94. The molecule has 0 aromatic heterocycles. The molecule has 0 bridgehead atoms. The third-order valence-electron chi connectivity index (χ3n) is 3.96. The van der Waals surface area contributed by atoms with E-state index < -0.39 is 5.54 Å². The van der Waals surface area contributed by atoms with Crippen LogP contribution in [0.1, 0.15) is 25.7 Å². The van der Waals surface area contributed by atoms with Crippen LogP contribution in [0.15, 0.2) is 35.2 Å². The van der Waals surface area contributed by atoms with Crippen LogP contribution in [0.2, 0.25) is 0 Å². The molecule has 4 heteroatoms. The molecule has 0 saturated heterocycles. The number of nitrogens with two attached hydrogens (primary N) is 1. The molecule has 0 spiro atoms. The van der Waals surface area contributed by atoms with Crippen LogP contribution < -0.4 is 11.1 Å². The molecule has 0 heterocycles. The van der Waals surface area contributed by atoms with Gasteiger partial charge < -0.3 is 5.73 Å². The summed E-state index contributed by atoms with van der Waals surface area (Å²) in [6.45, 7) is 0. The minimum absolute atomic E-state index is 0.176. The smallest absolute Gasteiger partial charge is 0.238 e. The molecule has 1 aromatic rings. The Hall–Kier alpha value is -1.00. The molecule has 1 aromatic carbocycles. The summed E-state index contributed by atoms with van der Waals surface area (Å²) < 4.78 is 0. The number of rotatable bonds is 7. The van der Waals surface area contributed by atoms with Gasteiger partial charge in [0.25, 0.3) is 0 Å². The maximum absolute atomic E-state index is 12.0. The number of amides is 1. The standard InChI is InChI=1S/C15H20N2OS/c16-14(18)15(11-6-7-11,17-12-8-9-12)10-19-13-4-2-1-3-5-13/h1-5,11-12,17H,6-10H2,(H2,16,18). The van der Waals surface area contributed by atoms with Crippen LogP contribution in [0.5, 0.6) is 0 Å². The Morgan fingerprint density at radius 1 is 1.26 bits per heavy atom. The average molecular weight is 276 g/mol. The van der Waals surface area contributed by atoms with Crippen molar-refractivity contribution in [1.82, 2.24) is 5.32 Å². The van der Waals surface area contributed by atoms with Gasteiger partial charge in [0.15, 0.2) is 0 Å². The molecule has 19 heavy (non-hydrogen) atoms. The molecule has 0 aliphatic heterocycles. The third-order valence-corrected chi connectivity index (χ3v) is 5.17. The summed E-state index contributed by atoms with van der Waals surface area (Å²) in [6.07, 6.45) is 4.60. The summed E-state index contributed by atoms with van der Waals surface area (Å²) in [5.41, 5.74) is 5.24. The zero-order valence-electron chi connectivity index (χ0n) is 11.0. The number of primary amides is 1. The fraction of sp³-hybridized carbons (Fsp3) is 0.533. The van der Waals surface area contributed by atoms with Gasteiger partial charge in [0.05, 0.1) is 0 Å². The molecule has 0 radical (unpaired) electrons. The number of carbonyl (C=O) groups is 1. The van der Waals surface area contributed by atoms with Crippen molar-refractivity contribution in [3.05, 3.63) is 30.3 Å². The van der Waals surface area contributed by atoms with Crippen molar-refractivity contribution in [1.29, 1.82) is 0 Å². The predicted octanol–water partition coefficient (Wildman–Crippen LogP) is 2.16. The molecular weight excluding hydrogens is 256 g/mol. The van der Waals surface area contributed by atoms with Crippen molar-refractivity contribution in [2.45, 2.75) is 42.2 Å². The van der Waals surface area contributed by atoms with E-state index in [4.69, 9.17) is 5.73 Å². The third kappa shape index (κ3) is 2.95. The van der Waals surface area contributed by atoms with Crippen LogP contribution in [0.3, 0.4) is 0 Å². The van der Waals surface area contributed by atoms with Crippen molar-refractivity contribution >= 4 is 17.7 Å². The topological polar surface area (TPSA) is 55.1 Å². The molecule has 1 unspecified atom stereocenters. The summed E-state index contributed by atoms with van der Waals surface area (Å²) >= 11 is 1.73. The van der Waals surface area contributed by atoms with Gasteiger partial charge in [-0.3, -0.25) is 10.1 Å². The lowest BCUT2D eigenvalue weighted by molar-refractivity contribution is -0.124. The quantitative estimate of drug-likeness (QED) is 0.750. The molecule has 1 atom stereocenters. The number of hydrogen-bond donors (Lipinski definition) is 2. The summed E-state index contributed by atoms with van der Waals surface area (Å²) in [4.78, 5) is 13.2. The zero-order valence-corrected chi connectivity index (χ0v) is 11.8. The Kier molecular flexibility index (Phi) is 3.54. The first-order valence-electron chi connectivity index (χ1n) is 6.96. The summed E-state index contributed by atoms with van der Waals surface area (Å²) in [6, 6.07) is 10.7. The molecule has 3 N–H and O–H groups in total. The number of carbonyl (C=O) groups excluding carboxylic acids is 1. The second-order valence-corrected chi connectivity index (χ2v) is 6.68. The second kappa shape index (κ2) is 5.17. The van der Waals surface area contributed by atoms with E-state index >= 15 is 0 Å². The monoisotopic (exact) mass is 276 g/mol. The van der Waals surface area contributed by atoms with Gasteiger partial charge in [0.1, 0.15) is 5.54 Å². The van der Waals surface area contributed by atoms with E-state index in [1.54, 1.807) is 11.8 Å². The van der Waals surface area contributed by atoms with E-state index in [1.807, 2.05) is 18.2 Å². The van der Waals surface area contributed by atoms with Gasteiger partial charge >= 0.3 is 0 Å². The first-order valence-corrected chi connectivity index (χ1v) is 7.95. The maximum atomic E-state index is 12.0. The molecule has 2 saturated carbocycles. The van der Waals surface area contributed by atoms with E-state index in [-0.39, 0.29) is 5.91 Å². The van der Waals surface area contributed by atoms with Crippen LogP contribution in [0.4, 0.5) is 0 Å². The van der Waals surface area contributed by atoms with Crippen molar-refractivity contribution in [2.24, 2.45) is 11.7 Å². The van der Waals surface area contributed by atoms with Crippen LogP contribution in [0, 0.1) is 5.92 Å². The van der Waals surface area contributed by atoms with Gasteiger partial charge in [-0.15, -0.1) is 11.8 Å². The van der Waals surface area contributed by atoms with E-state index in [1.165, 1.54) is 17.7 Å². The molecule has 2 fully saturated rings. The lowest BCUT2D eigenvalue weighted by Gasteiger charge is -2.32. The maximum Gasteiger partial charge on any atom is 0.238 e. The van der Waals surface area contributed by atoms with Crippen molar-refractivity contribution in [3.8, 4) is 0 Å². The van der Waals surface area contributed by atoms with Gasteiger partial charge in [0.2, 0.25) is 5.91 Å². The highest BCUT2D eigenvalue weighted by molar-refractivity contribution is 7.99. The highest BCUT2D eigenvalue weighted by atomic mass is 32.2. The van der Waals surface area contributed by atoms with Gasteiger partial charge in [-0.2, -0.15) is 0 Å². The molecule has 2 aliphatic carbocycles. The number of nitrogens with one attached hydrogen (secondary N) is 1. The zero-order chi connectivity index (χ0) is 13.3. The number of benzene rings is 1. The van der Waals surface area contributed by atoms with Gasteiger partial charge in [-0.05, 0) is 43.7 Å².